The lowest BCUT2D eigenvalue weighted by atomic mass is 10.1. The van der Waals surface area contributed by atoms with Crippen LogP contribution < -0.4 is 5.32 Å². The number of aromatic nitrogens is 1. The summed E-state index contributed by atoms with van der Waals surface area (Å²) in [5.41, 5.74) is 1.78. The van der Waals surface area contributed by atoms with Gasteiger partial charge in [0.2, 0.25) is 0 Å². The molecule has 3 heteroatoms. The molecule has 2 unspecified atom stereocenters. The van der Waals surface area contributed by atoms with Crippen LogP contribution in [0.2, 0.25) is 0 Å². The van der Waals surface area contributed by atoms with Crippen molar-refractivity contribution in [2.45, 2.75) is 26.2 Å². The molecular formula is C16H20N2O. The van der Waals surface area contributed by atoms with E-state index >= 15 is 0 Å². The summed E-state index contributed by atoms with van der Waals surface area (Å²) in [5, 5.41) is 4.09. The van der Waals surface area contributed by atoms with Gasteiger partial charge in [-0.25, -0.2) is 0 Å². The third-order valence-electron chi connectivity index (χ3n) is 4.19. The Kier molecular flexibility index (Phi) is 3.28. The van der Waals surface area contributed by atoms with Crippen molar-refractivity contribution in [1.29, 1.82) is 0 Å². The lowest BCUT2D eigenvalue weighted by Gasteiger charge is -2.11. The van der Waals surface area contributed by atoms with E-state index in [1.807, 2.05) is 30.5 Å². The highest BCUT2D eigenvalue weighted by atomic mass is 16.1. The Morgan fingerprint density at radius 2 is 2.26 bits per heavy atom. The van der Waals surface area contributed by atoms with E-state index in [0.29, 0.717) is 5.92 Å². The Balaban J connectivity index is 1.68. The van der Waals surface area contributed by atoms with Crippen molar-refractivity contribution in [3.63, 3.8) is 0 Å². The van der Waals surface area contributed by atoms with Gasteiger partial charge in [-0.05, 0) is 42.9 Å². The van der Waals surface area contributed by atoms with Crippen molar-refractivity contribution < 1.29 is 4.79 Å². The molecule has 0 bridgehead atoms. The molecule has 3 rings (SSSR count). The number of nitrogens with one attached hydrogen (secondary N) is 2. The van der Waals surface area contributed by atoms with Crippen LogP contribution in [-0.2, 0) is 0 Å². The van der Waals surface area contributed by atoms with Gasteiger partial charge in [-0.3, -0.25) is 4.79 Å². The smallest absolute Gasteiger partial charge is 0.251 e. The number of rotatable bonds is 3. The first-order valence-electron chi connectivity index (χ1n) is 7.08. The predicted octanol–water partition coefficient (Wildman–Crippen LogP) is 3.33. The van der Waals surface area contributed by atoms with Crippen molar-refractivity contribution >= 4 is 16.8 Å². The van der Waals surface area contributed by atoms with Gasteiger partial charge in [0.1, 0.15) is 0 Å². The highest BCUT2D eigenvalue weighted by Crippen LogP contribution is 2.29. The molecule has 1 aliphatic rings. The third-order valence-corrected chi connectivity index (χ3v) is 4.19. The largest absolute Gasteiger partial charge is 0.361 e. The Morgan fingerprint density at radius 3 is 3.05 bits per heavy atom. The molecule has 1 heterocycles. The molecule has 0 spiro atoms. The van der Waals surface area contributed by atoms with Gasteiger partial charge in [-0.1, -0.05) is 19.4 Å². The SMILES string of the molecule is CC1CCC(CNC(=O)c2cccc3[nH]ccc23)C1. The average Bonchev–Trinajstić information content (AvgIpc) is 3.03. The van der Waals surface area contributed by atoms with Crippen molar-refractivity contribution in [2.24, 2.45) is 11.8 Å². The molecule has 1 aliphatic carbocycles. The second-order valence-electron chi connectivity index (χ2n) is 5.74. The van der Waals surface area contributed by atoms with Crippen LogP contribution >= 0.6 is 0 Å². The molecule has 100 valence electrons. The molecule has 2 atom stereocenters. The molecule has 1 amide bonds. The van der Waals surface area contributed by atoms with E-state index in [1.165, 1.54) is 19.3 Å². The molecule has 1 saturated carbocycles. The lowest BCUT2D eigenvalue weighted by molar-refractivity contribution is 0.0949. The standard InChI is InChI=1S/C16H20N2O/c1-11-5-6-12(9-11)10-18-16(19)14-3-2-4-15-13(14)7-8-17-15/h2-4,7-8,11-12,17H,5-6,9-10H2,1H3,(H,18,19). The van der Waals surface area contributed by atoms with Crippen molar-refractivity contribution in [3.05, 3.63) is 36.0 Å². The molecule has 1 fully saturated rings. The molecular weight excluding hydrogens is 236 g/mol. The van der Waals surface area contributed by atoms with Crippen LogP contribution in [0.4, 0.5) is 0 Å². The van der Waals surface area contributed by atoms with Crippen molar-refractivity contribution in [2.75, 3.05) is 6.54 Å². The number of carbonyl (C=O) groups excluding carboxylic acids is 1. The first-order valence-corrected chi connectivity index (χ1v) is 7.08. The zero-order chi connectivity index (χ0) is 13.2. The minimum atomic E-state index is 0.0461. The van der Waals surface area contributed by atoms with E-state index in [4.69, 9.17) is 0 Å². The van der Waals surface area contributed by atoms with Gasteiger partial charge >= 0.3 is 0 Å². The molecule has 0 radical (unpaired) electrons. The number of hydrogen-bond acceptors (Lipinski definition) is 1. The highest BCUT2D eigenvalue weighted by Gasteiger charge is 2.22. The summed E-state index contributed by atoms with van der Waals surface area (Å²) in [5.74, 6) is 1.52. The summed E-state index contributed by atoms with van der Waals surface area (Å²) in [6.07, 6.45) is 5.67. The fourth-order valence-corrected chi connectivity index (χ4v) is 3.13. The maximum absolute atomic E-state index is 12.3. The monoisotopic (exact) mass is 256 g/mol. The molecule has 3 nitrogen and oxygen atoms in total. The normalized spacial score (nSPS) is 22.8. The van der Waals surface area contributed by atoms with E-state index in [9.17, 15) is 4.79 Å². The quantitative estimate of drug-likeness (QED) is 0.869. The summed E-state index contributed by atoms with van der Waals surface area (Å²) in [6, 6.07) is 7.76. The fourth-order valence-electron chi connectivity index (χ4n) is 3.13. The number of amides is 1. The zero-order valence-electron chi connectivity index (χ0n) is 11.3. The van der Waals surface area contributed by atoms with Gasteiger partial charge in [-0.15, -0.1) is 0 Å². The Hall–Kier alpha value is -1.77. The molecule has 1 aromatic carbocycles. The number of fused-ring (bicyclic) bond motifs is 1. The Bertz CT molecular complexity index is 587. The van der Waals surface area contributed by atoms with Crippen LogP contribution in [0.25, 0.3) is 10.9 Å². The summed E-state index contributed by atoms with van der Waals surface area (Å²) < 4.78 is 0. The molecule has 2 aromatic rings. The molecule has 0 aliphatic heterocycles. The number of hydrogen-bond donors (Lipinski definition) is 2. The zero-order valence-corrected chi connectivity index (χ0v) is 11.3. The van der Waals surface area contributed by atoms with E-state index in [-0.39, 0.29) is 5.91 Å². The van der Waals surface area contributed by atoms with Crippen LogP contribution in [-0.4, -0.2) is 17.4 Å². The average molecular weight is 256 g/mol. The summed E-state index contributed by atoms with van der Waals surface area (Å²) in [7, 11) is 0. The molecule has 1 aromatic heterocycles. The van der Waals surface area contributed by atoms with Gasteiger partial charge in [0.15, 0.2) is 0 Å². The Morgan fingerprint density at radius 1 is 1.37 bits per heavy atom. The molecule has 2 N–H and O–H groups in total. The van der Waals surface area contributed by atoms with Crippen LogP contribution in [0.15, 0.2) is 30.5 Å². The first-order chi connectivity index (χ1) is 9.24. The maximum Gasteiger partial charge on any atom is 0.251 e. The topological polar surface area (TPSA) is 44.9 Å². The number of benzene rings is 1. The van der Waals surface area contributed by atoms with Gasteiger partial charge in [-0.2, -0.15) is 0 Å². The minimum absolute atomic E-state index is 0.0461. The lowest BCUT2D eigenvalue weighted by Crippen LogP contribution is -2.28. The van der Waals surface area contributed by atoms with Gasteiger partial charge < -0.3 is 10.3 Å². The second kappa shape index (κ2) is 5.08. The fraction of sp³-hybridized carbons (Fsp3) is 0.438. The minimum Gasteiger partial charge on any atom is -0.361 e. The Labute approximate surface area is 113 Å². The van der Waals surface area contributed by atoms with E-state index < -0.39 is 0 Å². The predicted molar refractivity (Wildman–Crippen MR) is 77.1 cm³/mol. The van der Waals surface area contributed by atoms with Crippen LogP contribution in [0.3, 0.4) is 0 Å². The number of H-pyrrole nitrogens is 1. The van der Waals surface area contributed by atoms with Gasteiger partial charge in [0.25, 0.3) is 5.91 Å². The van der Waals surface area contributed by atoms with Crippen molar-refractivity contribution in [1.82, 2.24) is 10.3 Å². The maximum atomic E-state index is 12.3. The first kappa shape index (κ1) is 12.3. The third kappa shape index (κ3) is 2.50. The van der Waals surface area contributed by atoms with Gasteiger partial charge in [0, 0.05) is 29.2 Å². The summed E-state index contributed by atoms with van der Waals surface area (Å²) in [6.45, 7) is 3.10. The van der Waals surface area contributed by atoms with Crippen LogP contribution in [0, 0.1) is 11.8 Å². The van der Waals surface area contributed by atoms with Crippen LogP contribution in [0.5, 0.6) is 0 Å². The summed E-state index contributed by atoms with van der Waals surface area (Å²) in [4.78, 5) is 15.4. The second-order valence-corrected chi connectivity index (χ2v) is 5.74. The summed E-state index contributed by atoms with van der Waals surface area (Å²) >= 11 is 0. The number of aromatic amines is 1. The molecule has 19 heavy (non-hydrogen) atoms. The van der Waals surface area contributed by atoms with Crippen LogP contribution in [0.1, 0.15) is 36.5 Å². The van der Waals surface area contributed by atoms with Gasteiger partial charge in [0.05, 0.1) is 0 Å². The van der Waals surface area contributed by atoms with E-state index in [2.05, 4.69) is 17.2 Å². The molecule has 0 saturated heterocycles. The van der Waals surface area contributed by atoms with Crippen molar-refractivity contribution in [3.8, 4) is 0 Å². The highest BCUT2D eigenvalue weighted by molar-refractivity contribution is 6.06. The van der Waals surface area contributed by atoms with E-state index in [0.717, 1.165) is 28.9 Å². The number of carbonyl (C=O) groups is 1. The van der Waals surface area contributed by atoms with E-state index in [1.54, 1.807) is 0 Å².